The van der Waals surface area contributed by atoms with Crippen molar-refractivity contribution in [2.45, 2.75) is 32.9 Å². The van der Waals surface area contributed by atoms with Gasteiger partial charge < -0.3 is 0 Å². The molecular formula is C13H19NO. The number of carbonyl (C=O) groups excluding carboxylic acids is 1. The molecule has 0 spiro atoms. The van der Waals surface area contributed by atoms with Gasteiger partial charge in [0.1, 0.15) is 0 Å². The smallest absolute Gasteiger partial charge is 0.179 e. The molecule has 0 aliphatic heterocycles. The second-order valence-corrected chi connectivity index (χ2v) is 4.17. The Labute approximate surface area is 91.9 Å². The predicted octanol–water partition coefficient (Wildman–Crippen LogP) is 2.60. The highest BCUT2D eigenvalue weighted by Gasteiger charge is 2.20. The summed E-state index contributed by atoms with van der Waals surface area (Å²) in [6.07, 6.45) is 0. The van der Waals surface area contributed by atoms with Gasteiger partial charge in [0.25, 0.3) is 0 Å². The van der Waals surface area contributed by atoms with Crippen LogP contribution in [0.25, 0.3) is 0 Å². The van der Waals surface area contributed by atoms with Crippen molar-refractivity contribution in [3.63, 3.8) is 0 Å². The Kier molecular flexibility index (Phi) is 4.04. The van der Waals surface area contributed by atoms with Crippen molar-refractivity contribution in [1.29, 1.82) is 0 Å². The molecule has 0 amide bonds. The van der Waals surface area contributed by atoms with Crippen molar-refractivity contribution in [2.75, 3.05) is 7.05 Å². The Balaban J connectivity index is 2.78. The van der Waals surface area contributed by atoms with Crippen molar-refractivity contribution in [2.24, 2.45) is 0 Å². The molecule has 0 radical (unpaired) electrons. The highest BCUT2D eigenvalue weighted by molar-refractivity contribution is 5.99. The first kappa shape index (κ1) is 11.9. The zero-order valence-electron chi connectivity index (χ0n) is 9.90. The molecule has 0 saturated heterocycles. The number of hydrogen-bond acceptors (Lipinski definition) is 2. The van der Waals surface area contributed by atoms with E-state index in [2.05, 4.69) is 18.7 Å². The number of ketones is 1. The zero-order chi connectivity index (χ0) is 11.4. The third kappa shape index (κ3) is 2.90. The van der Waals surface area contributed by atoms with Crippen molar-refractivity contribution >= 4 is 5.78 Å². The molecular weight excluding hydrogens is 186 g/mol. The standard InChI is InChI=1S/C13H19NO/c1-10(2)14(4)11(3)13(15)12-8-6-5-7-9-12/h5-11H,1-4H3. The number of likely N-dealkylation sites (N-methyl/N-ethyl adjacent to an activating group) is 1. The molecule has 1 aromatic carbocycles. The molecule has 0 saturated carbocycles. The highest BCUT2D eigenvalue weighted by atomic mass is 16.1. The molecule has 1 unspecified atom stereocenters. The van der Waals surface area contributed by atoms with E-state index >= 15 is 0 Å². The number of rotatable bonds is 4. The second-order valence-electron chi connectivity index (χ2n) is 4.17. The van der Waals surface area contributed by atoms with E-state index in [4.69, 9.17) is 0 Å². The number of hydrogen-bond donors (Lipinski definition) is 0. The van der Waals surface area contributed by atoms with Crippen LogP contribution in [0.4, 0.5) is 0 Å². The first-order valence-corrected chi connectivity index (χ1v) is 5.35. The summed E-state index contributed by atoms with van der Waals surface area (Å²) in [6, 6.07) is 9.78. The summed E-state index contributed by atoms with van der Waals surface area (Å²) in [5, 5.41) is 0. The lowest BCUT2D eigenvalue weighted by atomic mass is 10.0. The molecule has 0 fully saturated rings. The summed E-state index contributed by atoms with van der Waals surface area (Å²) in [5.74, 6) is 0.187. The molecule has 15 heavy (non-hydrogen) atoms. The average Bonchev–Trinajstić information content (AvgIpc) is 2.27. The van der Waals surface area contributed by atoms with Gasteiger partial charge in [-0.25, -0.2) is 0 Å². The molecule has 2 nitrogen and oxygen atoms in total. The topological polar surface area (TPSA) is 20.3 Å². The number of benzene rings is 1. The number of nitrogens with zero attached hydrogens (tertiary/aromatic N) is 1. The van der Waals surface area contributed by atoms with Crippen LogP contribution in [-0.2, 0) is 0 Å². The normalized spacial score (nSPS) is 13.2. The van der Waals surface area contributed by atoms with Crippen LogP contribution in [0.15, 0.2) is 30.3 Å². The van der Waals surface area contributed by atoms with Gasteiger partial charge in [0.05, 0.1) is 6.04 Å². The third-order valence-electron chi connectivity index (χ3n) is 2.86. The fourth-order valence-electron chi connectivity index (χ4n) is 1.48. The summed E-state index contributed by atoms with van der Waals surface area (Å²) in [5.41, 5.74) is 0.789. The number of carbonyl (C=O) groups is 1. The lowest BCUT2D eigenvalue weighted by Crippen LogP contribution is -2.40. The molecule has 0 bridgehead atoms. The van der Waals surface area contributed by atoms with E-state index in [0.29, 0.717) is 6.04 Å². The Morgan fingerprint density at radius 1 is 1.13 bits per heavy atom. The Morgan fingerprint density at radius 3 is 2.13 bits per heavy atom. The van der Waals surface area contributed by atoms with Crippen LogP contribution < -0.4 is 0 Å². The van der Waals surface area contributed by atoms with Crippen LogP contribution in [0.2, 0.25) is 0 Å². The van der Waals surface area contributed by atoms with Gasteiger partial charge in [-0.15, -0.1) is 0 Å². The Bertz CT molecular complexity index is 319. The first-order chi connectivity index (χ1) is 7.04. The minimum atomic E-state index is -0.0626. The highest BCUT2D eigenvalue weighted by Crippen LogP contribution is 2.09. The molecule has 0 aliphatic rings. The van der Waals surface area contributed by atoms with Gasteiger partial charge in [0, 0.05) is 11.6 Å². The summed E-state index contributed by atoms with van der Waals surface area (Å²) in [6.45, 7) is 6.14. The average molecular weight is 205 g/mol. The fraction of sp³-hybridized carbons (Fsp3) is 0.462. The van der Waals surface area contributed by atoms with Crippen molar-refractivity contribution < 1.29 is 4.79 Å². The quantitative estimate of drug-likeness (QED) is 0.704. The van der Waals surface area contributed by atoms with Crippen molar-refractivity contribution in [3.8, 4) is 0 Å². The second kappa shape index (κ2) is 5.08. The molecule has 0 aliphatic carbocycles. The third-order valence-corrected chi connectivity index (χ3v) is 2.86. The van der Waals surface area contributed by atoms with E-state index in [1.807, 2.05) is 44.3 Å². The minimum absolute atomic E-state index is 0.0626. The van der Waals surface area contributed by atoms with Crippen LogP contribution >= 0.6 is 0 Å². The lowest BCUT2D eigenvalue weighted by molar-refractivity contribution is 0.0836. The van der Waals surface area contributed by atoms with Gasteiger partial charge in [-0.1, -0.05) is 30.3 Å². The van der Waals surface area contributed by atoms with E-state index in [0.717, 1.165) is 5.56 Å². The molecule has 1 aromatic rings. The summed E-state index contributed by atoms with van der Waals surface area (Å²) >= 11 is 0. The van der Waals surface area contributed by atoms with Crippen LogP contribution in [0.1, 0.15) is 31.1 Å². The van der Waals surface area contributed by atoms with Crippen LogP contribution in [0.3, 0.4) is 0 Å². The number of Topliss-reactive ketones (excluding diaryl/α,β-unsaturated/α-hetero) is 1. The summed E-state index contributed by atoms with van der Waals surface area (Å²) < 4.78 is 0. The molecule has 82 valence electrons. The van der Waals surface area contributed by atoms with E-state index in [1.165, 1.54) is 0 Å². The molecule has 1 rings (SSSR count). The van der Waals surface area contributed by atoms with Gasteiger partial charge in [-0.3, -0.25) is 9.69 Å². The monoisotopic (exact) mass is 205 g/mol. The molecule has 1 atom stereocenters. The SMILES string of the molecule is CC(C)N(C)C(C)C(=O)c1ccccc1. The van der Waals surface area contributed by atoms with Crippen LogP contribution in [-0.4, -0.2) is 29.8 Å². The maximum Gasteiger partial charge on any atom is 0.179 e. The van der Waals surface area contributed by atoms with E-state index in [1.54, 1.807) is 0 Å². The van der Waals surface area contributed by atoms with Crippen molar-refractivity contribution in [1.82, 2.24) is 4.90 Å². The van der Waals surface area contributed by atoms with Crippen LogP contribution in [0, 0.1) is 0 Å². The van der Waals surface area contributed by atoms with E-state index in [9.17, 15) is 4.79 Å². The molecule has 0 aromatic heterocycles. The van der Waals surface area contributed by atoms with Crippen LogP contribution in [0.5, 0.6) is 0 Å². The van der Waals surface area contributed by atoms with Gasteiger partial charge >= 0.3 is 0 Å². The van der Waals surface area contributed by atoms with E-state index in [-0.39, 0.29) is 11.8 Å². The zero-order valence-corrected chi connectivity index (χ0v) is 9.90. The summed E-state index contributed by atoms with van der Waals surface area (Å²) in [4.78, 5) is 14.1. The van der Waals surface area contributed by atoms with Gasteiger partial charge in [-0.2, -0.15) is 0 Å². The first-order valence-electron chi connectivity index (χ1n) is 5.35. The maximum absolute atomic E-state index is 12.0. The fourth-order valence-corrected chi connectivity index (χ4v) is 1.48. The lowest BCUT2D eigenvalue weighted by Gasteiger charge is -2.27. The Morgan fingerprint density at radius 2 is 1.67 bits per heavy atom. The van der Waals surface area contributed by atoms with Gasteiger partial charge in [0.2, 0.25) is 0 Å². The molecule has 0 heterocycles. The van der Waals surface area contributed by atoms with Crippen molar-refractivity contribution in [3.05, 3.63) is 35.9 Å². The largest absolute Gasteiger partial charge is 0.294 e. The maximum atomic E-state index is 12.0. The van der Waals surface area contributed by atoms with E-state index < -0.39 is 0 Å². The molecule has 2 heteroatoms. The molecule has 0 N–H and O–H groups in total. The van der Waals surface area contributed by atoms with Gasteiger partial charge in [-0.05, 0) is 27.8 Å². The summed E-state index contributed by atoms with van der Waals surface area (Å²) in [7, 11) is 1.98. The predicted molar refractivity (Wildman–Crippen MR) is 63.1 cm³/mol. The minimum Gasteiger partial charge on any atom is -0.294 e. The Hall–Kier alpha value is -1.15. The van der Waals surface area contributed by atoms with Gasteiger partial charge in [0.15, 0.2) is 5.78 Å².